The average Bonchev–Trinajstić information content (AvgIpc) is 3.01. The predicted molar refractivity (Wildman–Crippen MR) is 84.7 cm³/mol. The van der Waals surface area contributed by atoms with Gasteiger partial charge in [0.05, 0.1) is 7.11 Å². The molecule has 0 amide bonds. The fourth-order valence-corrected chi connectivity index (χ4v) is 3.99. The molecule has 2 N–H and O–H groups in total. The number of hydrogen-bond acceptors (Lipinski definition) is 3. The number of ether oxygens (including phenoxy) is 1. The molecule has 3 nitrogen and oxygen atoms in total. The molecule has 1 aromatic rings. The van der Waals surface area contributed by atoms with Gasteiger partial charge in [-0.3, -0.25) is 0 Å². The SMILES string of the molecule is COc1ccc2c(c1)CCCC2NCC1(CO)CCCC1. The molecule has 1 aromatic carbocycles. The molecular weight excluding hydrogens is 262 g/mol. The molecule has 2 aliphatic carbocycles. The first-order valence-electron chi connectivity index (χ1n) is 8.27. The second-order valence-electron chi connectivity index (χ2n) is 6.76. The third-order valence-corrected chi connectivity index (χ3v) is 5.39. The lowest BCUT2D eigenvalue weighted by Gasteiger charge is -2.32. The first-order valence-corrected chi connectivity index (χ1v) is 8.27. The van der Waals surface area contributed by atoms with Crippen LogP contribution < -0.4 is 10.1 Å². The minimum atomic E-state index is 0.129. The maximum Gasteiger partial charge on any atom is 0.119 e. The van der Waals surface area contributed by atoms with Crippen LogP contribution in [-0.2, 0) is 6.42 Å². The highest BCUT2D eigenvalue weighted by Crippen LogP contribution is 2.38. The molecule has 1 atom stereocenters. The zero-order valence-corrected chi connectivity index (χ0v) is 13.0. The van der Waals surface area contributed by atoms with Gasteiger partial charge in [0.15, 0.2) is 0 Å². The quantitative estimate of drug-likeness (QED) is 0.874. The summed E-state index contributed by atoms with van der Waals surface area (Å²) in [5.41, 5.74) is 2.97. The molecule has 2 aliphatic rings. The second-order valence-corrected chi connectivity index (χ2v) is 6.76. The van der Waals surface area contributed by atoms with Crippen LogP contribution in [0.3, 0.4) is 0 Å². The van der Waals surface area contributed by atoms with Crippen molar-refractivity contribution in [1.29, 1.82) is 0 Å². The minimum absolute atomic E-state index is 0.129. The lowest BCUT2D eigenvalue weighted by molar-refractivity contribution is 0.123. The van der Waals surface area contributed by atoms with Gasteiger partial charge in [-0.2, -0.15) is 0 Å². The highest BCUT2D eigenvalue weighted by Gasteiger charge is 2.34. The molecule has 0 aliphatic heterocycles. The summed E-state index contributed by atoms with van der Waals surface area (Å²) in [6, 6.07) is 6.89. The third kappa shape index (κ3) is 3.09. The number of rotatable bonds is 5. The summed E-state index contributed by atoms with van der Waals surface area (Å²) in [5, 5.41) is 13.5. The Morgan fingerprint density at radius 3 is 2.81 bits per heavy atom. The number of fused-ring (bicyclic) bond motifs is 1. The maximum atomic E-state index is 9.75. The van der Waals surface area contributed by atoms with Crippen molar-refractivity contribution in [1.82, 2.24) is 5.32 Å². The largest absolute Gasteiger partial charge is 0.497 e. The molecule has 1 saturated carbocycles. The fraction of sp³-hybridized carbons (Fsp3) is 0.667. The molecule has 0 heterocycles. The Morgan fingerprint density at radius 2 is 2.10 bits per heavy atom. The van der Waals surface area contributed by atoms with Gasteiger partial charge in [0.1, 0.15) is 5.75 Å². The van der Waals surface area contributed by atoms with Crippen LogP contribution in [0.5, 0.6) is 5.75 Å². The van der Waals surface area contributed by atoms with Gasteiger partial charge in [-0.05, 0) is 55.4 Å². The molecule has 3 heteroatoms. The summed E-state index contributed by atoms with van der Waals surface area (Å²) >= 11 is 0. The summed E-state index contributed by atoms with van der Waals surface area (Å²) in [6.07, 6.45) is 8.43. The first kappa shape index (κ1) is 14.9. The van der Waals surface area contributed by atoms with Gasteiger partial charge < -0.3 is 15.2 Å². The molecule has 116 valence electrons. The van der Waals surface area contributed by atoms with Gasteiger partial charge in [-0.25, -0.2) is 0 Å². The number of aryl methyl sites for hydroxylation is 1. The van der Waals surface area contributed by atoms with Gasteiger partial charge >= 0.3 is 0 Å². The molecule has 0 saturated heterocycles. The Bertz CT molecular complexity index is 480. The molecule has 3 rings (SSSR count). The van der Waals surface area contributed by atoms with Gasteiger partial charge in [0.2, 0.25) is 0 Å². The van der Waals surface area contributed by atoms with E-state index in [-0.39, 0.29) is 5.41 Å². The summed E-state index contributed by atoms with van der Waals surface area (Å²) in [7, 11) is 1.73. The highest BCUT2D eigenvalue weighted by atomic mass is 16.5. The van der Waals surface area contributed by atoms with E-state index in [2.05, 4.69) is 23.5 Å². The van der Waals surface area contributed by atoms with E-state index in [1.807, 2.05) is 0 Å². The Kier molecular flexibility index (Phi) is 4.51. The van der Waals surface area contributed by atoms with Gasteiger partial charge in [0, 0.05) is 24.6 Å². The average molecular weight is 289 g/mol. The maximum absolute atomic E-state index is 9.75. The van der Waals surface area contributed by atoms with Crippen molar-refractivity contribution < 1.29 is 9.84 Å². The van der Waals surface area contributed by atoms with Crippen LogP contribution in [0.1, 0.15) is 55.7 Å². The first-order chi connectivity index (χ1) is 10.3. The Labute approximate surface area is 127 Å². The van der Waals surface area contributed by atoms with Crippen molar-refractivity contribution >= 4 is 0 Å². The molecule has 1 unspecified atom stereocenters. The summed E-state index contributed by atoms with van der Waals surface area (Å²) in [4.78, 5) is 0. The van der Waals surface area contributed by atoms with Crippen molar-refractivity contribution in [2.45, 2.75) is 51.0 Å². The zero-order chi connectivity index (χ0) is 14.7. The standard InChI is InChI=1S/C18H27NO2/c1-21-15-7-8-16-14(11-15)5-4-6-17(16)19-12-18(13-20)9-2-3-10-18/h7-8,11,17,19-20H,2-6,9-10,12-13H2,1H3. The van der Waals surface area contributed by atoms with E-state index < -0.39 is 0 Å². The molecular formula is C18H27NO2. The zero-order valence-electron chi connectivity index (χ0n) is 13.0. The van der Waals surface area contributed by atoms with E-state index >= 15 is 0 Å². The number of nitrogens with one attached hydrogen (secondary N) is 1. The topological polar surface area (TPSA) is 41.5 Å². The fourth-order valence-electron chi connectivity index (χ4n) is 3.99. The molecule has 0 bridgehead atoms. The number of methoxy groups -OCH3 is 1. The van der Waals surface area contributed by atoms with Gasteiger partial charge in [0.25, 0.3) is 0 Å². The molecule has 0 aromatic heterocycles. The second kappa shape index (κ2) is 6.37. The van der Waals surface area contributed by atoms with Crippen molar-refractivity contribution in [3.63, 3.8) is 0 Å². The number of aliphatic hydroxyl groups is 1. The van der Waals surface area contributed by atoms with Crippen molar-refractivity contribution in [2.75, 3.05) is 20.3 Å². The monoisotopic (exact) mass is 289 g/mol. The van der Waals surface area contributed by atoms with Crippen LogP contribution in [0.15, 0.2) is 18.2 Å². The van der Waals surface area contributed by atoms with Crippen molar-refractivity contribution in [3.8, 4) is 5.75 Å². The highest BCUT2D eigenvalue weighted by molar-refractivity contribution is 5.39. The van der Waals surface area contributed by atoms with E-state index in [9.17, 15) is 5.11 Å². The van der Waals surface area contributed by atoms with E-state index in [1.165, 1.54) is 49.7 Å². The Morgan fingerprint density at radius 1 is 1.29 bits per heavy atom. The number of benzene rings is 1. The lowest BCUT2D eigenvalue weighted by Crippen LogP contribution is -2.38. The minimum Gasteiger partial charge on any atom is -0.497 e. The van der Waals surface area contributed by atoms with Crippen LogP contribution in [0.4, 0.5) is 0 Å². The summed E-state index contributed by atoms with van der Waals surface area (Å²) < 4.78 is 5.34. The van der Waals surface area contributed by atoms with E-state index in [1.54, 1.807) is 7.11 Å². The van der Waals surface area contributed by atoms with E-state index in [4.69, 9.17) is 4.74 Å². The van der Waals surface area contributed by atoms with E-state index in [0.717, 1.165) is 18.7 Å². The Hall–Kier alpha value is -1.06. The molecule has 21 heavy (non-hydrogen) atoms. The Balaban J connectivity index is 1.70. The van der Waals surface area contributed by atoms with E-state index in [0.29, 0.717) is 12.6 Å². The number of hydrogen-bond donors (Lipinski definition) is 2. The van der Waals surface area contributed by atoms with Crippen LogP contribution in [0.25, 0.3) is 0 Å². The van der Waals surface area contributed by atoms with Gasteiger partial charge in [-0.15, -0.1) is 0 Å². The van der Waals surface area contributed by atoms with Crippen LogP contribution in [-0.4, -0.2) is 25.4 Å². The van der Waals surface area contributed by atoms with Crippen molar-refractivity contribution in [3.05, 3.63) is 29.3 Å². The van der Waals surface area contributed by atoms with Crippen LogP contribution in [0.2, 0.25) is 0 Å². The number of aliphatic hydroxyl groups excluding tert-OH is 1. The normalized spacial score (nSPS) is 23.8. The van der Waals surface area contributed by atoms with Crippen LogP contribution in [0, 0.1) is 5.41 Å². The summed E-state index contributed by atoms with van der Waals surface area (Å²) in [6.45, 7) is 1.27. The van der Waals surface area contributed by atoms with Gasteiger partial charge in [-0.1, -0.05) is 18.9 Å². The third-order valence-electron chi connectivity index (χ3n) is 5.39. The molecule has 0 radical (unpaired) electrons. The lowest BCUT2D eigenvalue weighted by atomic mass is 9.84. The molecule has 0 spiro atoms. The van der Waals surface area contributed by atoms with Crippen molar-refractivity contribution in [2.24, 2.45) is 5.41 Å². The smallest absolute Gasteiger partial charge is 0.119 e. The van der Waals surface area contributed by atoms with Crippen LogP contribution >= 0.6 is 0 Å². The summed E-state index contributed by atoms with van der Waals surface area (Å²) in [5.74, 6) is 0.956. The molecule has 1 fully saturated rings. The predicted octanol–water partition coefficient (Wildman–Crippen LogP) is 3.21.